The van der Waals surface area contributed by atoms with Crippen LogP contribution in [0.2, 0.25) is 5.02 Å². The maximum absolute atomic E-state index is 6.22. The van der Waals surface area contributed by atoms with Gasteiger partial charge in [-0.1, -0.05) is 11.6 Å². The fourth-order valence-corrected chi connectivity index (χ4v) is 3.53. The van der Waals surface area contributed by atoms with Gasteiger partial charge in [-0.3, -0.25) is 9.67 Å². The summed E-state index contributed by atoms with van der Waals surface area (Å²) in [5, 5.41) is 5.22. The molecule has 2 heterocycles. The molecule has 0 unspecified atom stereocenters. The Morgan fingerprint density at radius 2 is 1.78 bits per heavy atom. The lowest BCUT2D eigenvalue weighted by molar-refractivity contribution is 0.381. The molecule has 1 aliphatic rings. The first-order valence-electron chi connectivity index (χ1n) is 9.00. The second kappa shape index (κ2) is 9.64. The van der Waals surface area contributed by atoms with Crippen LogP contribution in [-0.2, 0) is 13.5 Å². The molecule has 8 heteroatoms. The van der Waals surface area contributed by atoms with Crippen LogP contribution in [0.1, 0.15) is 17.0 Å². The molecule has 0 radical (unpaired) electrons. The maximum atomic E-state index is 6.22. The summed E-state index contributed by atoms with van der Waals surface area (Å²) in [4.78, 5) is 9.10. The third-order valence-corrected chi connectivity index (χ3v) is 5.34. The van der Waals surface area contributed by atoms with Crippen LogP contribution in [0.4, 0.5) is 5.69 Å². The van der Waals surface area contributed by atoms with Crippen molar-refractivity contribution >= 4 is 47.2 Å². The Labute approximate surface area is 183 Å². The van der Waals surface area contributed by atoms with Crippen LogP contribution in [0.15, 0.2) is 29.3 Å². The number of hydrogen-bond donors (Lipinski definition) is 1. The Hall–Kier alpha value is -1.48. The molecule has 0 atom stereocenters. The molecule has 1 saturated heterocycles. The largest absolute Gasteiger partial charge is 0.370 e. The second-order valence-electron chi connectivity index (χ2n) is 6.71. The first kappa shape index (κ1) is 21.8. The zero-order chi connectivity index (χ0) is 18.7. The molecule has 0 amide bonds. The summed E-state index contributed by atoms with van der Waals surface area (Å²) in [6, 6.07) is 7.99. The van der Waals surface area contributed by atoms with Gasteiger partial charge in [-0.2, -0.15) is 5.10 Å². The highest BCUT2D eigenvalue weighted by Crippen LogP contribution is 2.19. The lowest BCUT2D eigenvalue weighted by Crippen LogP contribution is -2.51. The quantitative estimate of drug-likeness (QED) is 0.397. The van der Waals surface area contributed by atoms with E-state index < -0.39 is 0 Å². The van der Waals surface area contributed by atoms with E-state index in [0.717, 1.165) is 43.3 Å². The molecule has 2 aromatic rings. The van der Waals surface area contributed by atoms with Crippen LogP contribution in [0.25, 0.3) is 0 Å². The summed E-state index contributed by atoms with van der Waals surface area (Å²) < 4.78 is 1.92. The van der Waals surface area contributed by atoms with Gasteiger partial charge in [0.2, 0.25) is 0 Å². The van der Waals surface area contributed by atoms with Gasteiger partial charge in [0.15, 0.2) is 5.96 Å². The van der Waals surface area contributed by atoms with E-state index in [0.29, 0.717) is 12.5 Å². The maximum Gasteiger partial charge on any atom is 0.191 e. The van der Waals surface area contributed by atoms with Gasteiger partial charge in [-0.15, -0.1) is 24.0 Å². The number of hydrogen-bond acceptors (Lipinski definition) is 3. The van der Waals surface area contributed by atoms with Gasteiger partial charge in [0.05, 0.1) is 5.69 Å². The molecule has 0 aliphatic carbocycles. The third-order valence-electron chi connectivity index (χ3n) is 5.09. The highest BCUT2D eigenvalue weighted by Gasteiger charge is 2.18. The predicted molar refractivity (Wildman–Crippen MR) is 124 cm³/mol. The average molecular weight is 503 g/mol. The minimum atomic E-state index is 0. The molecule has 1 aliphatic heterocycles. The van der Waals surface area contributed by atoms with Gasteiger partial charge in [-0.25, -0.2) is 0 Å². The number of aryl methyl sites for hydroxylation is 2. The smallest absolute Gasteiger partial charge is 0.191 e. The number of guanidine groups is 1. The SMILES string of the molecule is Cc1nn(C)c(C)c1CCN=C(N)N1CCN(c2ccc(Cl)cc2)CC1.I. The summed E-state index contributed by atoms with van der Waals surface area (Å²) in [5.74, 6) is 0.639. The van der Waals surface area contributed by atoms with Crippen molar-refractivity contribution in [1.82, 2.24) is 14.7 Å². The molecular weight excluding hydrogens is 475 g/mol. The standard InChI is InChI=1S/C19H27ClN6.HI/c1-14-18(15(2)24(3)23-14)8-9-22-19(21)26-12-10-25(11-13-26)17-6-4-16(20)5-7-17;/h4-7H,8-13H2,1-3H3,(H2,21,22);1H. The van der Waals surface area contributed by atoms with E-state index in [2.05, 4.69) is 38.9 Å². The van der Waals surface area contributed by atoms with Gasteiger partial charge in [0.25, 0.3) is 0 Å². The molecule has 0 bridgehead atoms. The number of anilines is 1. The van der Waals surface area contributed by atoms with Crippen molar-refractivity contribution in [3.63, 3.8) is 0 Å². The lowest BCUT2D eigenvalue weighted by atomic mass is 10.1. The molecule has 0 saturated carbocycles. The number of nitrogens with two attached hydrogens (primary N) is 1. The number of aliphatic imine (C=N–C) groups is 1. The van der Waals surface area contributed by atoms with Crippen molar-refractivity contribution in [2.45, 2.75) is 20.3 Å². The summed E-state index contributed by atoms with van der Waals surface area (Å²) in [6.45, 7) is 8.45. The molecule has 0 spiro atoms. The molecule has 1 aromatic heterocycles. The minimum absolute atomic E-state index is 0. The van der Waals surface area contributed by atoms with E-state index in [1.54, 1.807) is 0 Å². The number of benzene rings is 1. The van der Waals surface area contributed by atoms with Gasteiger partial charge in [-0.05, 0) is 50.1 Å². The summed E-state index contributed by atoms with van der Waals surface area (Å²) in [5.41, 5.74) is 11.0. The van der Waals surface area contributed by atoms with Crippen molar-refractivity contribution < 1.29 is 0 Å². The Morgan fingerprint density at radius 3 is 2.33 bits per heavy atom. The highest BCUT2D eigenvalue weighted by atomic mass is 127. The first-order valence-corrected chi connectivity index (χ1v) is 9.38. The topological polar surface area (TPSA) is 62.7 Å². The number of piperazine rings is 1. The predicted octanol–water partition coefficient (Wildman–Crippen LogP) is 2.99. The van der Waals surface area contributed by atoms with E-state index in [1.807, 2.05) is 30.8 Å². The van der Waals surface area contributed by atoms with E-state index in [1.165, 1.54) is 16.9 Å². The van der Waals surface area contributed by atoms with Crippen LogP contribution < -0.4 is 10.6 Å². The second-order valence-corrected chi connectivity index (χ2v) is 7.15. The van der Waals surface area contributed by atoms with Gasteiger partial charge in [0, 0.05) is 56.2 Å². The van der Waals surface area contributed by atoms with E-state index in [4.69, 9.17) is 17.3 Å². The summed E-state index contributed by atoms with van der Waals surface area (Å²) >= 11 is 5.96. The van der Waals surface area contributed by atoms with Crippen molar-refractivity contribution in [3.05, 3.63) is 46.2 Å². The highest BCUT2D eigenvalue weighted by molar-refractivity contribution is 14.0. The van der Waals surface area contributed by atoms with Crippen molar-refractivity contribution in [2.75, 3.05) is 37.6 Å². The van der Waals surface area contributed by atoms with Crippen LogP contribution in [0, 0.1) is 13.8 Å². The van der Waals surface area contributed by atoms with Crippen LogP contribution >= 0.6 is 35.6 Å². The average Bonchev–Trinajstić information content (AvgIpc) is 2.88. The van der Waals surface area contributed by atoms with Crippen molar-refractivity contribution in [1.29, 1.82) is 0 Å². The molecule has 6 nitrogen and oxygen atoms in total. The molecule has 1 aromatic carbocycles. The summed E-state index contributed by atoms with van der Waals surface area (Å²) in [6.07, 6.45) is 0.872. The summed E-state index contributed by atoms with van der Waals surface area (Å²) in [7, 11) is 1.98. The van der Waals surface area contributed by atoms with E-state index in [9.17, 15) is 0 Å². The Kier molecular flexibility index (Phi) is 7.79. The van der Waals surface area contributed by atoms with Crippen LogP contribution in [0.5, 0.6) is 0 Å². The minimum Gasteiger partial charge on any atom is -0.370 e. The number of nitrogens with zero attached hydrogens (tertiary/aromatic N) is 5. The zero-order valence-electron chi connectivity index (χ0n) is 16.2. The molecule has 2 N–H and O–H groups in total. The molecule has 3 rings (SSSR count). The third kappa shape index (κ3) is 5.28. The van der Waals surface area contributed by atoms with Crippen molar-refractivity contribution in [2.24, 2.45) is 17.8 Å². The number of rotatable bonds is 4. The van der Waals surface area contributed by atoms with E-state index >= 15 is 0 Å². The Morgan fingerprint density at radius 1 is 1.15 bits per heavy atom. The molecule has 148 valence electrons. The monoisotopic (exact) mass is 502 g/mol. The van der Waals surface area contributed by atoms with Crippen LogP contribution in [0.3, 0.4) is 0 Å². The Balaban J connectivity index is 0.00000261. The molecular formula is C19H28ClIN6. The van der Waals surface area contributed by atoms with Gasteiger partial charge < -0.3 is 15.5 Å². The number of aromatic nitrogens is 2. The first-order chi connectivity index (χ1) is 12.5. The zero-order valence-corrected chi connectivity index (χ0v) is 19.2. The number of halogens is 2. The van der Waals surface area contributed by atoms with Gasteiger partial charge >= 0.3 is 0 Å². The Bertz CT molecular complexity index is 778. The fraction of sp³-hybridized carbons (Fsp3) is 0.474. The van der Waals surface area contributed by atoms with Gasteiger partial charge in [0.1, 0.15) is 0 Å². The van der Waals surface area contributed by atoms with E-state index in [-0.39, 0.29) is 24.0 Å². The van der Waals surface area contributed by atoms with Crippen molar-refractivity contribution in [3.8, 4) is 0 Å². The lowest BCUT2D eigenvalue weighted by Gasteiger charge is -2.36. The molecule has 27 heavy (non-hydrogen) atoms. The van der Waals surface area contributed by atoms with Crippen LogP contribution in [-0.4, -0.2) is 53.4 Å². The fourth-order valence-electron chi connectivity index (χ4n) is 3.41. The molecule has 1 fully saturated rings. The normalized spacial score (nSPS) is 15.0.